The van der Waals surface area contributed by atoms with E-state index in [4.69, 9.17) is 4.74 Å². The molecule has 1 aromatic carbocycles. The Balaban J connectivity index is 1.86. The highest BCUT2D eigenvalue weighted by Gasteiger charge is 2.39. The number of hydrogen-bond acceptors (Lipinski definition) is 4. The largest absolute Gasteiger partial charge is 0.421 e. The van der Waals surface area contributed by atoms with Crippen LogP contribution < -0.4 is 5.32 Å². The van der Waals surface area contributed by atoms with Crippen molar-refractivity contribution in [3.8, 4) is 0 Å². The van der Waals surface area contributed by atoms with E-state index in [1.165, 1.54) is 0 Å². The van der Waals surface area contributed by atoms with Gasteiger partial charge in [0.25, 0.3) is 5.91 Å². The minimum Gasteiger partial charge on any atom is -0.421 e. The van der Waals surface area contributed by atoms with Gasteiger partial charge < -0.3 is 10.1 Å². The zero-order valence-corrected chi connectivity index (χ0v) is 14.7. The Labute approximate surface area is 145 Å². The number of carbonyl (C=O) groups is 2. The van der Waals surface area contributed by atoms with Crippen LogP contribution in [0.2, 0.25) is 0 Å². The molecule has 24 heavy (non-hydrogen) atoms. The molecule has 1 atom stereocenters. The number of benzene rings is 1. The van der Waals surface area contributed by atoms with Gasteiger partial charge in [-0.15, -0.1) is 11.3 Å². The topological polar surface area (TPSA) is 58.6 Å². The van der Waals surface area contributed by atoms with E-state index in [0.717, 1.165) is 10.4 Å². The number of thiophene rings is 1. The van der Waals surface area contributed by atoms with Crippen LogP contribution in [0.4, 0.5) is 4.79 Å². The number of nitrogens with zero attached hydrogens (tertiary/aromatic N) is 1. The predicted molar refractivity (Wildman–Crippen MR) is 92.7 cm³/mol. The molecule has 1 aromatic heterocycles. The van der Waals surface area contributed by atoms with Crippen LogP contribution in [0.5, 0.6) is 0 Å². The van der Waals surface area contributed by atoms with Crippen molar-refractivity contribution in [3.05, 3.63) is 57.8 Å². The fourth-order valence-corrected chi connectivity index (χ4v) is 3.33. The third-order valence-electron chi connectivity index (χ3n) is 3.60. The Morgan fingerprint density at radius 1 is 1.25 bits per heavy atom. The summed E-state index contributed by atoms with van der Waals surface area (Å²) < 4.78 is 5.61. The molecule has 1 unspecified atom stereocenters. The summed E-state index contributed by atoms with van der Waals surface area (Å²) in [5.41, 5.74) is 0.906. The summed E-state index contributed by atoms with van der Waals surface area (Å²) in [5.74, 6) is -0.118. The number of hydrogen-bond donors (Lipinski definition) is 1. The Kier molecular flexibility index (Phi) is 4.32. The molecular formula is C18H20N2O3S. The molecule has 0 bridgehead atoms. The Hall–Kier alpha value is -2.34. The fourth-order valence-electron chi connectivity index (χ4n) is 2.63. The van der Waals surface area contributed by atoms with E-state index in [0.29, 0.717) is 12.1 Å². The van der Waals surface area contributed by atoms with Crippen LogP contribution in [0.15, 0.2) is 41.8 Å². The Morgan fingerprint density at radius 3 is 2.67 bits per heavy atom. The molecule has 2 amide bonds. The summed E-state index contributed by atoms with van der Waals surface area (Å²) in [5, 5.41) is 4.74. The first-order valence-corrected chi connectivity index (χ1v) is 8.64. The third kappa shape index (κ3) is 3.43. The van der Waals surface area contributed by atoms with Crippen LogP contribution in [0.25, 0.3) is 0 Å². The van der Waals surface area contributed by atoms with Crippen molar-refractivity contribution in [2.75, 3.05) is 0 Å². The van der Waals surface area contributed by atoms with Crippen LogP contribution in [0.3, 0.4) is 0 Å². The summed E-state index contributed by atoms with van der Waals surface area (Å²) in [6.07, 6.45) is -1.24. The van der Waals surface area contributed by atoms with E-state index >= 15 is 0 Å². The quantitative estimate of drug-likeness (QED) is 0.918. The second kappa shape index (κ2) is 6.28. The number of fused-ring (bicyclic) bond motifs is 1. The lowest BCUT2D eigenvalue weighted by molar-refractivity contribution is -0.00279. The second-order valence-corrected chi connectivity index (χ2v) is 7.76. The third-order valence-corrected chi connectivity index (χ3v) is 4.46. The summed E-state index contributed by atoms with van der Waals surface area (Å²) >= 11 is 1.57. The van der Waals surface area contributed by atoms with Crippen molar-refractivity contribution in [1.82, 2.24) is 10.2 Å². The lowest BCUT2D eigenvalue weighted by Gasteiger charge is -2.27. The van der Waals surface area contributed by atoms with E-state index in [9.17, 15) is 9.59 Å². The molecule has 1 N–H and O–H groups in total. The Morgan fingerprint density at radius 2 is 2.00 bits per heavy atom. The normalized spacial score (nSPS) is 16.9. The molecule has 0 fully saturated rings. The van der Waals surface area contributed by atoms with Crippen molar-refractivity contribution < 1.29 is 14.3 Å². The second-order valence-electron chi connectivity index (χ2n) is 6.73. The van der Waals surface area contributed by atoms with Gasteiger partial charge in [0.1, 0.15) is 0 Å². The molecule has 0 saturated heterocycles. The minimum atomic E-state index is -0.710. The van der Waals surface area contributed by atoms with Gasteiger partial charge in [-0.1, -0.05) is 24.3 Å². The zero-order chi connectivity index (χ0) is 17.3. The number of nitrogens with one attached hydrogen (secondary N) is 1. The zero-order valence-electron chi connectivity index (χ0n) is 13.9. The average molecular weight is 344 g/mol. The highest BCUT2D eigenvalue weighted by molar-refractivity contribution is 7.09. The van der Waals surface area contributed by atoms with E-state index < -0.39 is 17.9 Å². The SMILES string of the molecule is CC(C)(C)NC(=O)OC1c2ccccc2C(=O)N1Cc1cccs1. The molecule has 0 radical (unpaired) electrons. The maximum absolute atomic E-state index is 12.7. The van der Waals surface area contributed by atoms with E-state index in [-0.39, 0.29) is 5.91 Å². The number of carbonyl (C=O) groups excluding carboxylic acids is 2. The average Bonchev–Trinajstić information content (AvgIpc) is 3.09. The molecule has 5 nitrogen and oxygen atoms in total. The molecule has 126 valence electrons. The number of ether oxygens (including phenoxy) is 1. The summed E-state index contributed by atoms with van der Waals surface area (Å²) in [6, 6.07) is 11.2. The van der Waals surface area contributed by atoms with Crippen LogP contribution in [-0.4, -0.2) is 22.4 Å². The van der Waals surface area contributed by atoms with Crippen molar-refractivity contribution in [2.45, 2.75) is 39.1 Å². The molecule has 6 heteroatoms. The lowest BCUT2D eigenvalue weighted by Crippen LogP contribution is -2.42. The standard InChI is InChI=1S/C18H20N2O3S/c1-18(2,3)19-17(22)23-16-14-9-5-4-8-13(14)15(21)20(16)11-12-7-6-10-24-12/h4-10,16H,11H2,1-3H3,(H,19,22). The van der Waals surface area contributed by atoms with Gasteiger partial charge in [-0.25, -0.2) is 4.79 Å². The smallest absolute Gasteiger partial charge is 0.409 e. The van der Waals surface area contributed by atoms with Crippen molar-refractivity contribution >= 4 is 23.3 Å². The van der Waals surface area contributed by atoms with Gasteiger partial charge in [-0.05, 0) is 38.3 Å². The number of alkyl carbamates (subject to hydrolysis) is 1. The molecule has 0 spiro atoms. The van der Waals surface area contributed by atoms with Crippen molar-refractivity contribution in [2.24, 2.45) is 0 Å². The van der Waals surface area contributed by atoms with Gasteiger partial charge in [0.2, 0.25) is 6.23 Å². The molecular weight excluding hydrogens is 324 g/mol. The molecule has 0 saturated carbocycles. The summed E-state index contributed by atoms with van der Waals surface area (Å²) in [4.78, 5) is 27.6. The number of amides is 2. The first-order valence-electron chi connectivity index (χ1n) is 7.76. The Bertz CT molecular complexity index is 750. The van der Waals surface area contributed by atoms with Crippen LogP contribution in [0, 0.1) is 0 Å². The first-order chi connectivity index (χ1) is 11.3. The summed E-state index contributed by atoms with van der Waals surface area (Å²) in [7, 11) is 0. The van der Waals surface area contributed by atoms with Gasteiger partial charge in [0, 0.05) is 21.5 Å². The van der Waals surface area contributed by atoms with Gasteiger partial charge in [-0.3, -0.25) is 9.69 Å². The van der Waals surface area contributed by atoms with E-state index in [1.54, 1.807) is 22.3 Å². The maximum atomic E-state index is 12.7. The molecule has 2 aromatic rings. The summed E-state index contributed by atoms with van der Waals surface area (Å²) in [6.45, 7) is 6.06. The molecule has 3 rings (SSSR count). The van der Waals surface area contributed by atoms with Crippen LogP contribution >= 0.6 is 11.3 Å². The molecule has 2 heterocycles. The van der Waals surface area contributed by atoms with Crippen LogP contribution in [0.1, 0.15) is 47.8 Å². The van der Waals surface area contributed by atoms with E-state index in [2.05, 4.69) is 5.32 Å². The van der Waals surface area contributed by atoms with Gasteiger partial charge >= 0.3 is 6.09 Å². The minimum absolute atomic E-state index is 0.118. The van der Waals surface area contributed by atoms with Gasteiger partial charge in [-0.2, -0.15) is 0 Å². The van der Waals surface area contributed by atoms with Gasteiger partial charge in [0.15, 0.2) is 0 Å². The maximum Gasteiger partial charge on any atom is 0.409 e. The highest BCUT2D eigenvalue weighted by atomic mass is 32.1. The monoisotopic (exact) mass is 344 g/mol. The van der Waals surface area contributed by atoms with Crippen LogP contribution in [-0.2, 0) is 11.3 Å². The highest BCUT2D eigenvalue weighted by Crippen LogP contribution is 2.36. The predicted octanol–water partition coefficient (Wildman–Crippen LogP) is 3.93. The number of rotatable bonds is 3. The molecule has 1 aliphatic heterocycles. The fraction of sp³-hybridized carbons (Fsp3) is 0.333. The molecule has 0 aliphatic carbocycles. The van der Waals surface area contributed by atoms with Crippen molar-refractivity contribution in [1.29, 1.82) is 0 Å². The van der Waals surface area contributed by atoms with Gasteiger partial charge in [0.05, 0.1) is 6.54 Å². The van der Waals surface area contributed by atoms with E-state index in [1.807, 2.05) is 56.5 Å². The van der Waals surface area contributed by atoms with Crippen molar-refractivity contribution in [3.63, 3.8) is 0 Å². The molecule has 1 aliphatic rings. The lowest BCUT2D eigenvalue weighted by atomic mass is 10.1. The first kappa shape index (κ1) is 16.5.